The first-order valence-corrected chi connectivity index (χ1v) is 20.3. The SMILES string of the molecule is CCN(CC)[C@H](CO[Si](C)(C)C(C)(C)C)[C@@H](O[Si](C)(C)C(C)(C)C)c1ccc(N2C[C@H](CN=[N+]=[N-])OC2=O)cc1. The van der Waals surface area contributed by atoms with Crippen LogP contribution in [0.15, 0.2) is 29.4 Å². The maximum Gasteiger partial charge on any atom is 0.414 e. The van der Waals surface area contributed by atoms with Gasteiger partial charge in [-0.05, 0) is 72.6 Å². The lowest BCUT2D eigenvalue weighted by molar-refractivity contribution is 0.0291. The lowest BCUT2D eigenvalue weighted by Crippen LogP contribution is -2.52. The summed E-state index contributed by atoms with van der Waals surface area (Å²) in [6.07, 6.45) is -1.07. The number of nitrogens with zero attached hydrogens (tertiary/aromatic N) is 5. The lowest BCUT2D eigenvalue weighted by atomic mass is 10.0. The molecule has 0 spiro atoms. The highest BCUT2D eigenvalue weighted by Gasteiger charge is 2.44. The Kier molecular flexibility index (Phi) is 11.5. The van der Waals surface area contributed by atoms with Crippen LogP contribution in [0.3, 0.4) is 0 Å². The van der Waals surface area contributed by atoms with Gasteiger partial charge in [0.15, 0.2) is 16.6 Å². The highest BCUT2D eigenvalue weighted by molar-refractivity contribution is 6.74. The number of azide groups is 1. The molecule has 1 aromatic carbocycles. The molecule has 1 aliphatic heterocycles. The summed E-state index contributed by atoms with van der Waals surface area (Å²) in [5, 5.41) is 3.71. The number of carbonyl (C=O) groups excluding carboxylic acids is 1. The first-order chi connectivity index (χ1) is 18.4. The van der Waals surface area contributed by atoms with E-state index in [1.54, 1.807) is 4.90 Å². The van der Waals surface area contributed by atoms with Crippen LogP contribution in [0, 0.1) is 0 Å². The Labute approximate surface area is 244 Å². The van der Waals surface area contributed by atoms with Crippen molar-refractivity contribution in [3.63, 3.8) is 0 Å². The van der Waals surface area contributed by atoms with Crippen molar-refractivity contribution in [2.45, 2.75) is 110 Å². The van der Waals surface area contributed by atoms with Crippen LogP contribution in [0.25, 0.3) is 10.4 Å². The van der Waals surface area contributed by atoms with Crippen LogP contribution in [0.4, 0.5) is 10.5 Å². The predicted octanol–water partition coefficient (Wildman–Crippen LogP) is 8.12. The van der Waals surface area contributed by atoms with E-state index in [0.29, 0.717) is 13.2 Å². The quantitative estimate of drug-likeness (QED) is 0.0998. The molecule has 40 heavy (non-hydrogen) atoms. The third kappa shape index (κ3) is 8.33. The summed E-state index contributed by atoms with van der Waals surface area (Å²) < 4.78 is 19.4. The van der Waals surface area contributed by atoms with Gasteiger partial charge >= 0.3 is 6.09 Å². The monoisotopic (exact) mass is 591 g/mol. The van der Waals surface area contributed by atoms with Crippen molar-refractivity contribution in [3.05, 3.63) is 40.3 Å². The van der Waals surface area contributed by atoms with Gasteiger partial charge in [-0.2, -0.15) is 0 Å². The van der Waals surface area contributed by atoms with Gasteiger partial charge < -0.3 is 13.6 Å². The van der Waals surface area contributed by atoms with E-state index in [9.17, 15) is 4.79 Å². The van der Waals surface area contributed by atoms with Gasteiger partial charge in [-0.15, -0.1) is 0 Å². The molecule has 3 atom stereocenters. The van der Waals surface area contributed by atoms with E-state index in [0.717, 1.165) is 24.3 Å². The molecular formula is C29H53N5O4Si2. The Morgan fingerprint density at radius 1 is 1.05 bits per heavy atom. The third-order valence-corrected chi connectivity index (χ3v) is 18.0. The van der Waals surface area contributed by atoms with E-state index >= 15 is 0 Å². The molecule has 0 bridgehead atoms. The highest BCUT2D eigenvalue weighted by Crippen LogP contribution is 2.42. The smallest absolute Gasteiger partial charge is 0.414 e. The molecule has 1 fully saturated rings. The van der Waals surface area contributed by atoms with Gasteiger partial charge in [-0.25, -0.2) is 4.79 Å². The van der Waals surface area contributed by atoms with Crippen molar-refractivity contribution >= 4 is 28.4 Å². The highest BCUT2D eigenvalue weighted by atomic mass is 28.4. The fraction of sp³-hybridized carbons (Fsp3) is 0.759. The summed E-state index contributed by atoms with van der Waals surface area (Å²) in [5.41, 5.74) is 10.4. The summed E-state index contributed by atoms with van der Waals surface area (Å²) in [5.74, 6) is 0. The Bertz CT molecular complexity index is 1030. The molecule has 2 rings (SSSR count). The van der Waals surface area contributed by atoms with E-state index in [1.165, 1.54) is 0 Å². The summed E-state index contributed by atoms with van der Waals surface area (Å²) in [7, 11) is -4.15. The number of hydrogen-bond donors (Lipinski definition) is 0. The number of anilines is 1. The molecule has 0 aliphatic carbocycles. The fourth-order valence-corrected chi connectivity index (χ4v) is 6.55. The van der Waals surface area contributed by atoms with E-state index in [4.69, 9.17) is 19.1 Å². The number of cyclic esters (lactones) is 1. The number of rotatable bonds is 13. The van der Waals surface area contributed by atoms with Gasteiger partial charge in [0.25, 0.3) is 0 Å². The van der Waals surface area contributed by atoms with Crippen LogP contribution in [0.5, 0.6) is 0 Å². The second-order valence-corrected chi connectivity index (χ2v) is 23.3. The molecule has 9 nitrogen and oxygen atoms in total. The van der Waals surface area contributed by atoms with E-state index in [1.807, 2.05) is 12.1 Å². The summed E-state index contributed by atoms with van der Waals surface area (Å²) in [4.78, 5) is 19.4. The van der Waals surface area contributed by atoms with Crippen LogP contribution in [0.1, 0.15) is 67.1 Å². The minimum absolute atomic E-state index is 0.0362. The van der Waals surface area contributed by atoms with Crippen molar-refractivity contribution in [1.82, 2.24) is 4.90 Å². The molecule has 1 amide bonds. The number of hydrogen-bond acceptors (Lipinski definition) is 6. The zero-order chi connectivity index (χ0) is 30.5. The Morgan fingerprint density at radius 3 is 2.08 bits per heavy atom. The van der Waals surface area contributed by atoms with E-state index in [-0.39, 0.29) is 28.8 Å². The maximum absolute atomic E-state index is 12.5. The molecule has 0 unspecified atom stereocenters. The van der Waals surface area contributed by atoms with Crippen molar-refractivity contribution in [3.8, 4) is 0 Å². The molecule has 0 radical (unpaired) electrons. The maximum atomic E-state index is 12.5. The zero-order valence-corrected chi connectivity index (χ0v) is 28.9. The number of ether oxygens (including phenoxy) is 1. The molecule has 1 heterocycles. The van der Waals surface area contributed by atoms with Gasteiger partial charge in [-0.1, -0.05) is 72.6 Å². The lowest BCUT2D eigenvalue weighted by Gasteiger charge is -2.45. The fourth-order valence-electron chi connectivity index (χ4n) is 4.25. The molecule has 226 valence electrons. The third-order valence-electron chi connectivity index (χ3n) is 9.04. The first kappa shape index (κ1) is 34.3. The molecule has 0 N–H and O–H groups in total. The van der Waals surface area contributed by atoms with Crippen LogP contribution >= 0.6 is 0 Å². The van der Waals surface area contributed by atoms with Crippen molar-refractivity contribution in [1.29, 1.82) is 0 Å². The minimum atomic E-state index is -2.16. The van der Waals surface area contributed by atoms with Crippen LogP contribution in [-0.4, -0.2) is 72.6 Å². The van der Waals surface area contributed by atoms with Crippen molar-refractivity contribution < 1.29 is 18.4 Å². The molecule has 1 aliphatic rings. The number of likely N-dealkylation sites (N-methyl/N-ethyl adjacent to an activating group) is 1. The Balaban J connectivity index is 2.49. The van der Waals surface area contributed by atoms with Gasteiger partial charge in [0.1, 0.15) is 6.10 Å². The number of benzene rings is 1. The molecule has 1 aromatic rings. The van der Waals surface area contributed by atoms with Gasteiger partial charge in [0.05, 0.1) is 31.8 Å². The van der Waals surface area contributed by atoms with Crippen LogP contribution in [0.2, 0.25) is 36.3 Å². The topological polar surface area (TPSA) is 100 Å². The number of carbonyl (C=O) groups is 1. The largest absolute Gasteiger partial charge is 0.444 e. The molecule has 11 heteroatoms. The average molecular weight is 592 g/mol. The second kappa shape index (κ2) is 13.4. The standard InChI is InChI=1S/C29H53N5O4Si2/c1-13-33(14-2)25(21-36-39(9,10)28(3,4)5)26(38-40(11,12)29(6,7)8)22-15-17-23(18-16-22)34-20-24(19-31-32-30)37-27(34)35/h15-18,24-26H,13-14,19-21H2,1-12H3/t24-,25+,26-/m0/s1. The van der Waals surface area contributed by atoms with Crippen molar-refractivity contribution in [2.24, 2.45) is 5.11 Å². The van der Waals surface area contributed by atoms with Crippen molar-refractivity contribution in [2.75, 3.05) is 37.7 Å². The molecule has 0 aromatic heterocycles. The normalized spacial score (nSPS) is 18.5. The second-order valence-electron chi connectivity index (χ2n) is 13.8. The van der Waals surface area contributed by atoms with E-state index < -0.39 is 28.8 Å². The van der Waals surface area contributed by atoms with Crippen LogP contribution < -0.4 is 4.90 Å². The summed E-state index contributed by atoms with van der Waals surface area (Å²) in [6.45, 7) is 30.1. The molecule has 1 saturated heterocycles. The van der Waals surface area contributed by atoms with Crippen LogP contribution in [-0.2, 0) is 13.6 Å². The van der Waals surface area contributed by atoms with Gasteiger partial charge in [0, 0.05) is 10.6 Å². The Morgan fingerprint density at radius 2 is 1.60 bits per heavy atom. The molecule has 0 saturated carbocycles. The predicted molar refractivity (Wildman–Crippen MR) is 169 cm³/mol. The summed E-state index contributed by atoms with van der Waals surface area (Å²) >= 11 is 0. The van der Waals surface area contributed by atoms with E-state index in [2.05, 4.69) is 109 Å². The number of amides is 1. The summed E-state index contributed by atoms with van der Waals surface area (Å²) in [6, 6.07) is 8.10. The van der Waals surface area contributed by atoms with Gasteiger partial charge in [-0.3, -0.25) is 9.80 Å². The minimum Gasteiger partial charge on any atom is -0.444 e. The zero-order valence-electron chi connectivity index (χ0n) is 26.9. The Hall–Kier alpha value is -1.89. The first-order valence-electron chi connectivity index (χ1n) is 14.5. The molecular weight excluding hydrogens is 539 g/mol. The average Bonchev–Trinajstić information content (AvgIpc) is 3.23. The van der Waals surface area contributed by atoms with Gasteiger partial charge in [0.2, 0.25) is 0 Å².